The van der Waals surface area contributed by atoms with Crippen LogP contribution in [0.5, 0.6) is 0 Å². The van der Waals surface area contributed by atoms with Gasteiger partial charge in [-0.25, -0.2) is 0 Å². The standard InChI is InChI=1S/C14H19NO2S/c16-13-6-8-15(9-7-13)14(17)11-18-10-12-4-2-1-3-5-12/h1-5,13,16H,6-11H2. The number of nitrogens with zero attached hydrogens (tertiary/aromatic N) is 1. The molecule has 1 amide bonds. The highest BCUT2D eigenvalue weighted by molar-refractivity contribution is 7.99. The molecule has 0 aliphatic carbocycles. The van der Waals surface area contributed by atoms with E-state index in [0.717, 1.165) is 18.6 Å². The Morgan fingerprint density at radius 2 is 1.94 bits per heavy atom. The van der Waals surface area contributed by atoms with Gasteiger partial charge in [-0.3, -0.25) is 4.79 Å². The fourth-order valence-electron chi connectivity index (χ4n) is 2.04. The smallest absolute Gasteiger partial charge is 0.232 e. The van der Waals surface area contributed by atoms with Gasteiger partial charge >= 0.3 is 0 Å². The molecule has 0 bridgehead atoms. The Morgan fingerprint density at radius 3 is 2.61 bits per heavy atom. The van der Waals surface area contributed by atoms with E-state index in [0.29, 0.717) is 18.8 Å². The molecule has 3 nitrogen and oxygen atoms in total. The molecule has 0 unspecified atom stereocenters. The predicted molar refractivity (Wildman–Crippen MR) is 74.4 cm³/mol. The first-order chi connectivity index (χ1) is 8.75. The molecule has 2 rings (SSSR count). The minimum absolute atomic E-state index is 0.197. The molecule has 4 heteroatoms. The van der Waals surface area contributed by atoms with Crippen molar-refractivity contribution in [3.05, 3.63) is 35.9 Å². The second-order valence-corrected chi connectivity index (χ2v) is 5.58. The second kappa shape index (κ2) is 6.81. The van der Waals surface area contributed by atoms with Crippen LogP contribution < -0.4 is 0 Å². The predicted octanol–water partition coefficient (Wildman–Crippen LogP) is 1.90. The van der Waals surface area contributed by atoms with Crippen molar-refractivity contribution in [3.63, 3.8) is 0 Å². The summed E-state index contributed by atoms with van der Waals surface area (Å²) in [6.45, 7) is 1.40. The Morgan fingerprint density at radius 1 is 1.28 bits per heavy atom. The highest BCUT2D eigenvalue weighted by Crippen LogP contribution is 2.15. The van der Waals surface area contributed by atoms with Crippen molar-refractivity contribution in [1.82, 2.24) is 4.90 Å². The number of piperidine rings is 1. The Balaban J connectivity index is 1.69. The summed E-state index contributed by atoms with van der Waals surface area (Å²) < 4.78 is 0. The maximum absolute atomic E-state index is 11.9. The molecule has 18 heavy (non-hydrogen) atoms. The van der Waals surface area contributed by atoms with E-state index in [2.05, 4.69) is 12.1 Å². The lowest BCUT2D eigenvalue weighted by Crippen LogP contribution is -2.40. The summed E-state index contributed by atoms with van der Waals surface area (Å²) in [6, 6.07) is 10.2. The number of carbonyl (C=O) groups is 1. The lowest BCUT2D eigenvalue weighted by Gasteiger charge is -2.29. The maximum Gasteiger partial charge on any atom is 0.232 e. The molecule has 1 saturated heterocycles. The molecule has 0 radical (unpaired) electrons. The number of likely N-dealkylation sites (tertiary alicyclic amines) is 1. The van der Waals surface area contributed by atoms with Crippen molar-refractivity contribution in [3.8, 4) is 0 Å². The maximum atomic E-state index is 11.9. The molecule has 0 atom stereocenters. The van der Waals surface area contributed by atoms with Gasteiger partial charge in [-0.15, -0.1) is 11.8 Å². The molecular weight excluding hydrogens is 246 g/mol. The Kier molecular flexibility index (Phi) is 5.08. The first kappa shape index (κ1) is 13.4. The quantitative estimate of drug-likeness (QED) is 0.904. The van der Waals surface area contributed by atoms with Crippen molar-refractivity contribution in [2.75, 3.05) is 18.8 Å². The monoisotopic (exact) mass is 265 g/mol. The Hall–Kier alpha value is -1.00. The molecule has 98 valence electrons. The number of hydrogen-bond donors (Lipinski definition) is 1. The largest absolute Gasteiger partial charge is 0.393 e. The van der Waals surface area contributed by atoms with E-state index in [4.69, 9.17) is 0 Å². The molecule has 1 aliphatic heterocycles. The van der Waals surface area contributed by atoms with Crippen molar-refractivity contribution in [2.24, 2.45) is 0 Å². The van der Waals surface area contributed by atoms with Gasteiger partial charge in [0.05, 0.1) is 11.9 Å². The average Bonchev–Trinajstić information content (AvgIpc) is 2.40. The number of rotatable bonds is 4. The van der Waals surface area contributed by atoms with E-state index in [1.54, 1.807) is 11.8 Å². The van der Waals surface area contributed by atoms with E-state index in [-0.39, 0.29) is 12.0 Å². The fraction of sp³-hybridized carbons (Fsp3) is 0.500. The molecular formula is C14H19NO2S. The van der Waals surface area contributed by atoms with E-state index < -0.39 is 0 Å². The third-order valence-electron chi connectivity index (χ3n) is 3.15. The zero-order valence-electron chi connectivity index (χ0n) is 10.4. The number of hydrogen-bond acceptors (Lipinski definition) is 3. The molecule has 1 aliphatic rings. The van der Waals surface area contributed by atoms with Gasteiger partial charge < -0.3 is 10.0 Å². The summed E-state index contributed by atoms with van der Waals surface area (Å²) in [7, 11) is 0. The van der Waals surface area contributed by atoms with Gasteiger partial charge in [-0.05, 0) is 18.4 Å². The van der Waals surface area contributed by atoms with Gasteiger partial charge in [-0.2, -0.15) is 0 Å². The third-order valence-corrected chi connectivity index (χ3v) is 4.14. The number of aliphatic hydroxyl groups excluding tert-OH is 1. The number of carbonyl (C=O) groups excluding carboxylic acids is 1. The van der Waals surface area contributed by atoms with Crippen LogP contribution in [0, 0.1) is 0 Å². The molecule has 0 saturated carbocycles. The lowest BCUT2D eigenvalue weighted by atomic mass is 10.1. The molecule has 1 N–H and O–H groups in total. The first-order valence-electron chi connectivity index (χ1n) is 6.33. The molecule has 1 heterocycles. The zero-order valence-corrected chi connectivity index (χ0v) is 11.2. The molecule has 0 aromatic heterocycles. The van der Waals surface area contributed by atoms with Crippen molar-refractivity contribution >= 4 is 17.7 Å². The second-order valence-electron chi connectivity index (χ2n) is 4.59. The summed E-state index contributed by atoms with van der Waals surface area (Å²) in [5, 5.41) is 9.39. The number of aliphatic hydroxyl groups is 1. The van der Waals surface area contributed by atoms with Crippen LogP contribution in [0.2, 0.25) is 0 Å². The topological polar surface area (TPSA) is 40.5 Å². The van der Waals surface area contributed by atoms with Crippen LogP contribution in [0.25, 0.3) is 0 Å². The normalized spacial score (nSPS) is 16.8. The van der Waals surface area contributed by atoms with E-state index in [1.807, 2.05) is 23.1 Å². The van der Waals surface area contributed by atoms with Crippen LogP contribution in [0.4, 0.5) is 0 Å². The molecule has 1 aromatic carbocycles. The summed E-state index contributed by atoms with van der Waals surface area (Å²) >= 11 is 1.66. The van der Waals surface area contributed by atoms with Gasteiger partial charge in [-0.1, -0.05) is 30.3 Å². The van der Waals surface area contributed by atoms with Gasteiger partial charge in [0.1, 0.15) is 0 Å². The van der Waals surface area contributed by atoms with Gasteiger partial charge in [0.25, 0.3) is 0 Å². The van der Waals surface area contributed by atoms with Gasteiger partial charge in [0, 0.05) is 18.8 Å². The molecule has 1 fully saturated rings. The summed E-state index contributed by atoms with van der Waals surface area (Å²) in [5.41, 5.74) is 1.25. The number of thioether (sulfide) groups is 1. The number of benzene rings is 1. The highest BCUT2D eigenvalue weighted by Gasteiger charge is 2.20. The summed E-state index contributed by atoms with van der Waals surface area (Å²) in [6.07, 6.45) is 1.22. The fourth-order valence-corrected chi connectivity index (χ4v) is 2.92. The first-order valence-corrected chi connectivity index (χ1v) is 7.48. The van der Waals surface area contributed by atoms with Crippen LogP contribution in [-0.4, -0.2) is 40.9 Å². The highest BCUT2D eigenvalue weighted by atomic mass is 32.2. The summed E-state index contributed by atoms with van der Waals surface area (Å²) in [4.78, 5) is 13.8. The van der Waals surface area contributed by atoms with E-state index in [9.17, 15) is 9.90 Å². The van der Waals surface area contributed by atoms with Gasteiger partial charge in [0.15, 0.2) is 0 Å². The van der Waals surface area contributed by atoms with E-state index in [1.165, 1.54) is 5.56 Å². The minimum Gasteiger partial charge on any atom is -0.393 e. The Labute approximate surface area is 112 Å². The average molecular weight is 265 g/mol. The lowest BCUT2D eigenvalue weighted by molar-refractivity contribution is -0.130. The zero-order chi connectivity index (χ0) is 12.8. The van der Waals surface area contributed by atoms with E-state index >= 15 is 0 Å². The molecule has 0 spiro atoms. The van der Waals surface area contributed by atoms with Gasteiger partial charge in [0.2, 0.25) is 5.91 Å². The SMILES string of the molecule is O=C(CSCc1ccccc1)N1CCC(O)CC1. The van der Waals surface area contributed by atoms with Crippen LogP contribution in [0.1, 0.15) is 18.4 Å². The van der Waals surface area contributed by atoms with Crippen molar-refractivity contribution in [2.45, 2.75) is 24.7 Å². The third kappa shape index (κ3) is 4.03. The molecule has 1 aromatic rings. The summed E-state index contributed by atoms with van der Waals surface area (Å²) in [5.74, 6) is 1.61. The Bertz CT molecular complexity index is 375. The van der Waals surface area contributed by atoms with Crippen LogP contribution in [0.3, 0.4) is 0 Å². The van der Waals surface area contributed by atoms with Crippen molar-refractivity contribution < 1.29 is 9.90 Å². The minimum atomic E-state index is -0.217. The van der Waals surface area contributed by atoms with Crippen LogP contribution in [0.15, 0.2) is 30.3 Å². The number of amides is 1. The van der Waals surface area contributed by atoms with Crippen LogP contribution >= 0.6 is 11.8 Å². The van der Waals surface area contributed by atoms with Crippen LogP contribution in [-0.2, 0) is 10.5 Å². The van der Waals surface area contributed by atoms with Crippen molar-refractivity contribution in [1.29, 1.82) is 0 Å².